The number of carbonyl (C=O) groups excluding carboxylic acids is 3. The quantitative estimate of drug-likeness (QED) is 0.489. The number of likely N-dealkylation sites (tertiary alicyclic amines) is 1. The first-order valence-electron chi connectivity index (χ1n) is 12.8. The van der Waals surface area contributed by atoms with Gasteiger partial charge in [-0.05, 0) is 64.8 Å². The predicted octanol–water partition coefficient (Wildman–Crippen LogP) is 3.10. The maximum absolute atomic E-state index is 13.6. The van der Waals surface area contributed by atoms with E-state index in [1.54, 1.807) is 18.9 Å². The average molecular weight is 463 g/mol. The fraction of sp³-hybridized carbons (Fsp3) is 0.808. The van der Waals surface area contributed by atoms with Gasteiger partial charge in [-0.3, -0.25) is 19.3 Å². The fourth-order valence-corrected chi connectivity index (χ4v) is 4.59. The molecule has 0 aromatic rings. The van der Waals surface area contributed by atoms with Crippen molar-refractivity contribution in [2.45, 2.75) is 111 Å². The standard InChI is InChI=1S/C26H46N4O3/c1-16(2)22(15-19(7)24(31)27-20-12-13-20)29(8)26(33)23(17(3)4)28-25(32)21-11-9-10-14-30(21)18(5)6/h15-18,20-23H,9-14H2,1-8H3,(H,27,31)(H,28,32)/t21?,22-,23+/m1/s1. The van der Waals surface area contributed by atoms with E-state index in [9.17, 15) is 14.4 Å². The zero-order valence-electron chi connectivity index (χ0n) is 22.0. The maximum atomic E-state index is 13.6. The van der Waals surface area contributed by atoms with E-state index < -0.39 is 6.04 Å². The van der Waals surface area contributed by atoms with Crippen molar-refractivity contribution in [1.29, 1.82) is 0 Å². The van der Waals surface area contributed by atoms with Crippen LogP contribution in [0.4, 0.5) is 0 Å². The van der Waals surface area contributed by atoms with Crippen LogP contribution < -0.4 is 10.6 Å². The highest BCUT2D eigenvalue weighted by atomic mass is 16.2. The van der Waals surface area contributed by atoms with Gasteiger partial charge in [0.2, 0.25) is 17.7 Å². The van der Waals surface area contributed by atoms with E-state index in [0.717, 1.165) is 38.6 Å². The van der Waals surface area contributed by atoms with Crippen LogP contribution in [0.3, 0.4) is 0 Å². The van der Waals surface area contributed by atoms with Gasteiger partial charge >= 0.3 is 0 Å². The maximum Gasteiger partial charge on any atom is 0.246 e. The van der Waals surface area contributed by atoms with Gasteiger partial charge in [0, 0.05) is 24.7 Å². The Morgan fingerprint density at radius 3 is 2.12 bits per heavy atom. The first-order chi connectivity index (χ1) is 15.4. The van der Waals surface area contributed by atoms with Crippen molar-refractivity contribution in [3.05, 3.63) is 11.6 Å². The number of nitrogens with zero attached hydrogens (tertiary/aromatic N) is 2. The van der Waals surface area contributed by atoms with Crippen LogP contribution in [0.1, 0.15) is 80.6 Å². The molecule has 1 saturated heterocycles. The van der Waals surface area contributed by atoms with E-state index in [1.807, 2.05) is 33.8 Å². The summed E-state index contributed by atoms with van der Waals surface area (Å²) < 4.78 is 0. The van der Waals surface area contributed by atoms with Gasteiger partial charge in [0.25, 0.3) is 0 Å². The molecule has 1 unspecified atom stereocenters. The van der Waals surface area contributed by atoms with Crippen LogP contribution in [-0.2, 0) is 14.4 Å². The third kappa shape index (κ3) is 7.56. The molecule has 0 radical (unpaired) electrons. The molecule has 0 spiro atoms. The van der Waals surface area contributed by atoms with Gasteiger partial charge in [-0.25, -0.2) is 0 Å². The van der Waals surface area contributed by atoms with Crippen LogP contribution in [0.25, 0.3) is 0 Å². The minimum absolute atomic E-state index is 0.0453. The number of hydrogen-bond acceptors (Lipinski definition) is 4. The number of nitrogens with one attached hydrogen (secondary N) is 2. The highest BCUT2D eigenvalue weighted by Gasteiger charge is 2.36. The lowest BCUT2D eigenvalue weighted by molar-refractivity contribution is -0.140. The molecule has 2 N–H and O–H groups in total. The Kier molecular flexibility index (Phi) is 9.95. The van der Waals surface area contributed by atoms with E-state index in [1.165, 1.54) is 0 Å². The Balaban J connectivity index is 2.14. The van der Waals surface area contributed by atoms with Gasteiger partial charge in [-0.1, -0.05) is 40.2 Å². The zero-order valence-corrected chi connectivity index (χ0v) is 22.0. The SMILES string of the molecule is CC(=C[C@H](C(C)C)N(C)C(=O)[C@@H](NC(=O)C1CCCCN1C(C)C)C(C)C)C(=O)NC1CC1. The largest absolute Gasteiger partial charge is 0.350 e. The Morgan fingerprint density at radius 2 is 1.61 bits per heavy atom. The normalized spacial score (nSPS) is 21.8. The molecule has 33 heavy (non-hydrogen) atoms. The highest BCUT2D eigenvalue weighted by Crippen LogP contribution is 2.22. The van der Waals surface area contributed by atoms with E-state index in [-0.39, 0.29) is 47.7 Å². The van der Waals surface area contributed by atoms with Crippen molar-refractivity contribution < 1.29 is 14.4 Å². The van der Waals surface area contributed by atoms with Crippen LogP contribution >= 0.6 is 0 Å². The number of amides is 3. The Morgan fingerprint density at radius 1 is 0.970 bits per heavy atom. The van der Waals surface area contributed by atoms with E-state index in [0.29, 0.717) is 11.6 Å². The van der Waals surface area contributed by atoms with E-state index in [4.69, 9.17) is 0 Å². The summed E-state index contributed by atoms with van der Waals surface area (Å²) in [6.45, 7) is 15.0. The Labute approximate surface area is 200 Å². The molecule has 0 aromatic heterocycles. The van der Waals surface area contributed by atoms with Crippen molar-refractivity contribution >= 4 is 17.7 Å². The minimum Gasteiger partial charge on any atom is -0.350 e. The molecule has 2 aliphatic rings. The molecule has 1 aliphatic carbocycles. The molecule has 3 amide bonds. The first kappa shape index (κ1) is 27.4. The summed E-state index contributed by atoms with van der Waals surface area (Å²) in [7, 11) is 1.78. The molecule has 0 bridgehead atoms. The van der Waals surface area contributed by atoms with Crippen molar-refractivity contribution in [3.63, 3.8) is 0 Å². The lowest BCUT2D eigenvalue weighted by Gasteiger charge is -2.39. The lowest BCUT2D eigenvalue weighted by atomic mass is 9.95. The van der Waals surface area contributed by atoms with E-state index >= 15 is 0 Å². The smallest absolute Gasteiger partial charge is 0.246 e. The highest BCUT2D eigenvalue weighted by molar-refractivity contribution is 5.93. The number of likely N-dealkylation sites (N-methyl/N-ethyl adjacent to an activating group) is 1. The molecule has 1 heterocycles. The molecule has 1 saturated carbocycles. The Bertz CT molecular complexity index is 727. The predicted molar refractivity (Wildman–Crippen MR) is 133 cm³/mol. The summed E-state index contributed by atoms with van der Waals surface area (Å²) in [6.07, 6.45) is 6.93. The summed E-state index contributed by atoms with van der Waals surface area (Å²) in [5, 5.41) is 6.09. The van der Waals surface area contributed by atoms with Crippen LogP contribution in [0, 0.1) is 11.8 Å². The fourth-order valence-electron chi connectivity index (χ4n) is 4.59. The van der Waals surface area contributed by atoms with Gasteiger partial charge < -0.3 is 15.5 Å². The number of piperidine rings is 1. The molecule has 0 aromatic carbocycles. The van der Waals surface area contributed by atoms with Crippen LogP contribution in [0.15, 0.2) is 11.6 Å². The van der Waals surface area contributed by atoms with Crippen LogP contribution in [0.2, 0.25) is 0 Å². The topological polar surface area (TPSA) is 81.8 Å². The lowest BCUT2D eigenvalue weighted by Crippen LogP contribution is -2.58. The number of hydrogen-bond donors (Lipinski definition) is 2. The molecule has 3 atom stereocenters. The van der Waals surface area contributed by atoms with Crippen molar-refractivity contribution in [3.8, 4) is 0 Å². The number of rotatable bonds is 10. The second kappa shape index (κ2) is 12.0. The van der Waals surface area contributed by atoms with E-state index in [2.05, 4.69) is 29.4 Å². The van der Waals surface area contributed by atoms with Gasteiger partial charge in [0.15, 0.2) is 0 Å². The second-order valence-corrected chi connectivity index (χ2v) is 10.9. The second-order valence-electron chi connectivity index (χ2n) is 10.9. The summed E-state index contributed by atoms with van der Waals surface area (Å²) in [6, 6.07) is -0.441. The summed E-state index contributed by atoms with van der Waals surface area (Å²) in [5.74, 6) is -0.156. The van der Waals surface area contributed by atoms with Crippen LogP contribution in [0.5, 0.6) is 0 Å². The van der Waals surface area contributed by atoms with Crippen molar-refractivity contribution in [2.75, 3.05) is 13.6 Å². The molecule has 7 nitrogen and oxygen atoms in total. The van der Waals surface area contributed by atoms with Crippen molar-refractivity contribution in [1.82, 2.24) is 20.4 Å². The van der Waals surface area contributed by atoms with Crippen molar-refractivity contribution in [2.24, 2.45) is 11.8 Å². The third-order valence-corrected chi connectivity index (χ3v) is 6.91. The summed E-state index contributed by atoms with van der Waals surface area (Å²) in [5.41, 5.74) is 0.625. The van der Waals surface area contributed by atoms with Gasteiger partial charge in [-0.2, -0.15) is 0 Å². The first-order valence-corrected chi connectivity index (χ1v) is 12.8. The van der Waals surface area contributed by atoms with Gasteiger partial charge in [-0.15, -0.1) is 0 Å². The Hall–Kier alpha value is -1.89. The van der Waals surface area contributed by atoms with Gasteiger partial charge in [0.1, 0.15) is 6.04 Å². The monoisotopic (exact) mass is 462 g/mol. The molecule has 7 heteroatoms. The molecule has 1 aliphatic heterocycles. The van der Waals surface area contributed by atoms with Crippen LogP contribution in [-0.4, -0.2) is 71.3 Å². The molecule has 188 valence electrons. The van der Waals surface area contributed by atoms with Gasteiger partial charge in [0.05, 0.1) is 12.1 Å². The molecule has 2 fully saturated rings. The minimum atomic E-state index is -0.603. The molecular weight excluding hydrogens is 416 g/mol. The third-order valence-electron chi connectivity index (χ3n) is 6.91. The average Bonchev–Trinajstić information content (AvgIpc) is 3.57. The molecular formula is C26H46N4O3. The summed E-state index contributed by atoms with van der Waals surface area (Å²) in [4.78, 5) is 43.2. The molecule has 2 rings (SSSR count). The summed E-state index contributed by atoms with van der Waals surface area (Å²) >= 11 is 0. The number of carbonyl (C=O) groups is 3. The zero-order chi connectivity index (χ0) is 24.9.